The van der Waals surface area contributed by atoms with E-state index in [2.05, 4.69) is 56.2 Å². The average molecular weight is 417 g/mol. The summed E-state index contributed by atoms with van der Waals surface area (Å²) in [5.74, 6) is 0.187. The Morgan fingerprint density at radius 3 is 2.62 bits per heavy atom. The van der Waals surface area contributed by atoms with Gasteiger partial charge in [0.15, 0.2) is 0 Å². The minimum Gasteiger partial charge on any atom is -0.488 e. The summed E-state index contributed by atoms with van der Waals surface area (Å²) in [6, 6.07) is 10.6. The number of rotatable bonds is 6. The molecule has 0 heterocycles. The Bertz CT molecular complexity index is 619. The van der Waals surface area contributed by atoms with Gasteiger partial charge < -0.3 is 10.1 Å². The molecule has 0 aliphatic heterocycles. The molecule has 2 aromatic rings. The quantitative estimate of drug-likeness (QED) is 0.712. The molecular formula is C16H16Br2FNO. The van der Waals surface area contributed by atoms with E-state index in [1.165, 1.54) is 17.7 Å². The molecule has 5 heteroatoms. The lowest BCUT2D eigenvalue weighted by atomic mass is 10.1. The van der Waals surface area contributed by atoms with Crippen molar-refractivity contribution >= 4 is 31.9 Å². The number of hydrogen-bond acceptors (Lipinski definition) is 2. The molecule has 2 aromatic carbocycles. The molecule has 21 heavy (non-hydrogen) atoms. The zero-order valence-corrected chi connectivity index (χ0v) is 14.8. The molecule has 2 rings (SSSR count). The van der Waals surface area contributed by atoms with Crippen molar-refractivity contribution < 1.29 is 9.13 Å². The van der Waals surface area contributed by atoms with Gasteiger partial charge in [-0.2, -0.15) is 0 Å². The predicted octanol–water partition coefficient (Wildman–Crippen LogP) is 5.04. The first kappa shape index (κ1) is 16.5. The molecule has 0 amide bonds. The van der Waals surface area contributed by atoms with Crippen molar-refractivity contribution in [3.8, 4) is 5.75 Å². The third kappa shape index (κ3) is 4.80. The summed E-state index contributed by atoms with van der Waals surface area (Å²) < 4.78 is 20.6. The smallest absolute Gasteiger partial charge is 0.136 e. The average Bonchev–Trinajstić information content (AvgIpc) is 2.47. The molecule has 112 valence electrons. The lowest BCUT2D eigenvalue weighted by Gasteiger charge is -2.11. The minimum absolute atomic E-state index is 0.312. The van der Waals surface area contributed by atoms with Gasteiger partial charge in [-0.15, -0.1) is 0 Å². The highest BCUT2D eigenvalue weighted by atomic mass is 79.9. The number of hydrogen-bond donors (Lipinski definition) is 1. The maximum atomic E-state index is 13.2. The summed E-state index contributed by atoms with van der Waals surface area (Å²) in [7, 11) is 0. The highest BCUT2D eigenvalue weighted by molar-refractivity contribution is 9.10. The predicted molar refractivity (Wildman–Crippen MR) is 90.0 cm³/mol. The van der Waals surface area contributed by atoms with E-state index in [4.69, 9.17) is 4.74 Å². The molecule has 0 saturated carbocycles. The monoisotopic (exact) mass is 415 g/mol. The van der Waals surface area contributed by atoms with Gasteiger partial charge in [-0.3, -0.25) is 0 Å². The number of benzene rings is 2. The molecular weight excluding hydrogens is 401 g/mol. The SMILES string of the molecule is CCNCc1ccc(COc2cc(F)ccc2Br)c(Br)c1. The summed E-state index contributed by atoms with van der Waals surface area (Å²) >= 11 is 6.90. The second-order valence-corrected chi connectivity index (χ2v) is 6.28. The zero-order chi connectivity index (χ0) is 15.2. The Kier molecular flexibility index (Phi) is 6.21. The fourth-order valence-corrected chi connectivity index (χ4v) is 2.73. The van der Waals surface area contributed by atoms with Crippen LogP contribution in [0.25, 0.3) is 0 Å². The Morgan fingerprint density at radius 1 is 1.10 bits per heavy atom. The molecule has 1 N–H and O–H groups in total. The fourth-order valence-electron chi connectivity index (χ4n) is 1.83. The molecule has 0 aromatic heterocycles. The van der Waals surface area contributed by atoms with Gasteiger partial charge in [-0.05, 0) is 46.2 Å². The van der Waals surface area contributed by atoms with E-state index in [1.807, 2.05) is 6.07 Å². The molecule has 0 aliphatic rings. The van der Waals surface area contributed by atoms with Crippen LogP contribution in [0.2, 0.25) is 0 Å². The van der Waals surface area contributed by atoms with Crippen LogP contribution in [0.1, 0.15) is 18.1 Å². The highest BCUT2D eigenvalue weighted by Gasteiger charge is 2.06. The summed E-state index contributed by atoms with van der Waals surface area (Å²) in [5, 5.41) is 3.28. The Hall–Kier alpha value is -0.910. The van der Waals surface area contributed by atoms with Gasteiger partial charge in [0.05, 0.1) is 4.47 Å². The molecule has 2 nitrogen and oxygen atoms in total. The lowest BCUT2D eigenvalue weighted by molar-refractivity contribution is 0.302. The van der Waals surface area contributed by atoms with Crippen LogP contribution in [-0.2, 0) is 13.2 Å². The summed E-state index contributed by atoms with van der Waals surface area (Å²) in [6.07, 6.45) is 0. The Labute approximate surface area is 141 Å². The molecule has 0 aliphatic carbocycles. The van der Waals surface area contributed by atoms with E-state index in [0.29, 0.717) is 12.4 Å². The van der Waals surface area contributed by atoms with E-state index in [-0.39, 0.29) is 5.82 Å². The van der Waals surface area contributed by atoms with Crippen molar-refractivity contribution in [1.82, 2.24) is 5.32 Å². The molecule has 0 radical (unpaired) electrons. The van der Waals surface area contributed by atoms with Crippen LogP contribution in [-0.4, -0.2) is 6.54 Å². The molecule has 0 saturated heterocycles. The maximum absolute atomic E-state index is 13.2. The molecule has 0 fully saturated rings. The topological polar surface area (TPSA) is 21.3 Å². The fraction of sp³-hybridized carbons (Fsp3) is 0.250. The van der Waals surface area contributed by atoms with E-state index in [9.17, 15) is 4.39 Å². The maximum Gasteiger partial charge on any atom is 0.136 e. The van der Waals surface area contributed by atoms with Crippen molar-refractivity contribution in [3.05, 3.63) is 62.3 Å². The van der Waals surface area contributed by atoms with Gasteiger partial charge >= 0.3 is 0 Å². The zero-order valence-electron chi connectivity index (χ0n) is 11.6. The first-order valence-electron chi connectivity index (χ1n) is 6.66. The second-order valence-electron chi connectivity index (χ2n) is 4.57. The summed E-state index contributed by atoms with van der Waals surface area (Å²) in [4.78, 5) is 0. The molecule has 0 bridgehead atoms. The standard InChI is InChI=1S/C16H16Br2FNO/c1-2-20-9-11-3-4-12(15(18)7-11)10-21-16-8-13(19)5-6-14(16)17/h3-8,20H,2,9-10H2,1H3. The summed E-state index contributed by atoms with van der Waals surface area (Å²) in [5.41, 5.74) is 2.23. The van der Waals surface area contributed by atoms with Gasteiger partial charge in [0.2, 0.25) is 0 Å². The first-order chi connectivity index (χ1) is 10.1. The second kappa shape index (κ2) is 7.92. The van der Waals surface area contributed by atoms with Crippen molar-refractivity contribution in [1.29, 1.82) is 0 Å². The number of ether oxygens (including phenoxy) is 1. The van der Waals surface area contributed by atoms with Crippen LogP contribution in [0.4, 0.5) is 4.39 Å². The van der Waals surface area contributed by atoms with Crippen LogP contribution in [0, 0.1) is 5.82 Å². The van der Waals surface area contributed by atoms with Crippen LogP contribution < -0.4 is 10.1 Å². The van der Waals surface area contributed by atoms with E-state index >= 15 is 0 Å². The van der Waals surface area contributed by atoms with Crippen molar-refractivity contribution in [2.24, 2.45) is 0 Å². The summed E-state index contributed by atoms with van der Waals surface area (Å²) in [6.45, 7) is 4.24. The Morgan fingerprint density at radius 2 is 1.90 bits per heavy atom. The van der Waals surface area contributed by atoms with Gasteiger partial charge in [-0.25, -0.2) is 4.39 Å². The van der Waals surface area contributed by atoms with Gasteiger partial charge in [-0.1, -0.05) is 35.0 Å². The van der Waals surface area contributed by atoms with E-state index in [0.717, 1.165) is 27.6 Å². The third-order valence-corrected chi connectivity index (χ3v) is 4.37. The Balaban J connectivity index is 2.04. The van der Waals surface area contributed by atoms with Crippen molar-refractivity contribution in [2.75, 3.05) is 6.54 Å². The first-order valence-corrected chi connectivity index (χ1v) is 8.24. The van der Waals surface area contributed by atoms with Crippen molar-refractivity contribution in [2.45, 2.75) is 20.1 Å². The van der Waals surface area contributed by atoms with Crippen molar-refractivity contribution in [3.63, 3.8) is 0 Å². The molecule has 0 atom stereocenters. The normalized spacial score (nSPS) is 10.7. The lowest BCUT2D eigenvalue weighted by Crippen LogP contribution is -2.11. The van der Waals surface area contributed by atoms with Crippen LogP contribution in [0.15, 0.2) is 45.3 Å². The van der Waals surface area contributed by atoms with Gasteiger partial charge in [0.25, 0.3) is 0 Å². The number of nitrogens with one attached hydrogen (secondary N) is 1. The van der Waals surface area contributed by atoms with E-state index < -0.39 is 0 Å². The van der Waals surface area contributed by atoms with E-state index in [1.54, 1.807) is 6.07 Å². The van der Waals surface area contributed by atoms with Crippen LogP contribution in [0.3, 0.4) is 0 Å². The van der Waals surface area contributed by atoms with Crippen LogP contribution >= 0.6 is 31.9 Å². The van der Waals surface area contributed by atoms with Gasteiger partial charge in [0, 0.05) is 22.6 Å². The van der Waals surface area contributed by atoms with Crippen LogP contribution in [0.5, 0.6) is 5.75 Å². The minimum atomic E-state index is -0.312. The third-order valence-electron chi connectivity index (χ3n) is 2.97. The number of halogens is 3. The highest BCUT2D eigenvalue weighted by Crippen LogP contribution is 2.27. The molecule has 0 spiro atoms. The van der Waals surface area contributed by atoms with Gasteiger partial charge in [0.1, 0.15) is 18.2 Å². The largest absolute Gasteiger partial charge is 0.488 e. The molecule has 0 unspecified atom stereocenters.